The Balaban J connectivity index is 1.38. The number of hydrogen-bond acceptors (Lipinski definition) is 9. The first-order chi connectivity index (χ1) is 22.2. The van der Waals surface area contributed by atoms with Gasteiger partial charge in [0, 0.05) is 72.9 Å². The summed E-state index contributed by atoms with van der Waals surface area (Å²) in [5.41, 5.74) is 2.80. The van der Waals surface area contributed by atoms with Crippen LogP contribution in [0.25, 0.3) is 10.9 Å². The topological polar surface area (TPSA) is 126 Å². The van der Waals surface area contributed by atoms with E-state index in [1.807, 2.05) is 41.7 Å². The van der Waals surface area contributed by atoms with Gasteiger partial charge >= 0.3 is 0 Å². The van der Waals surface area contributed by atoms with E-state index in [0.29, 0.717) is 41.1 Å². The molecule has 1 aliphatic heterocycles. The number of aromatic amines is 1. The summed E-state index contributed by atoms with van der Waals surface area (Å²) >= 11 is 3.83. The van der Waals surface area contributed by atoms with Gasteiger partial charge in [0.25, 0.3) is 15.9 Å². The summed E-state index contributed by atoms with van der Waals surface area (Å²) in [4.78, 5) is 23.4. The molecule has 1 aliphatic rings. The fraction of sp³-hybridized carbons (Fsp3) is 0.394. The largest absolute Gasteiger partial charge is 0.491 e. The lowest BCUT2D eigenvalue weighted by molar-refractivity contribution is 0.0943. The Hall–Kier alpha value is -3.23. The average Bonchev–Trinajstić information content (AvgIpc) is 3.49. The number of amides is 1. The summed E-state index contributed by atoms with van der Waals surface area (Å²) in [6.45, 7) is 7.94. The monoisotopic (exact) mass is 683 g/mol. The fourth-order valence-corrected chi connectivity index (χ4v) is 8.64. The number of fused-ring (bicyclic) bond motifs is 1. The van der Waals surface area contributed by atoms with Crippen LogP contribution in [0.5, 0.6) is 5.75 Å². The number of carbonyl (C=O) groups is 1. The van der Waals surface area contributed by atoms with Crippen LogP contribution in [-0.2, 0) is 20.5 Å². The highest BCUT2D eigenvalue weighted by Crippen LogP contribution is 2.33. The van der Waals surface area contributed by atoms with E-state index >= 15 is 0 Å². The molecule has 0 spiro atoms. The number of nitrogens with one attached hydrogen (secondary N) is 3. The van der Waals surface area contributed by atoms with Crippen LogP contribution in [0.2, 0.25) is 0 Å². The maximum absolute atomic E-state index is 13.6. The number of H-pyrrole nitrogens is 1. The van der Waals surface area contributed by atoms with Crippen molar-refractivity contribution in [3.05, 3.63) is 83.7 Å². The van der Waals surface area contributed by atoms with Gasteiger partial charge in [-0.05, 0) is 43.2 Å². The van der Waals surface area contributed by atoms with Crippen molar-refractivity contribution >= 4 is 56.0 Å². The van der Waals surface area contributed by atoms with Crippen molar-refractivity contribution in [2.24, 2.45) is 0 Å². The standard InChI is InChI=1S/C33H41N5O5S3/c1-24-8-7-11-34-32(24)46(40,41)37-28-20-27(43-15-14-42-3)18-26-19-29(36-30(26)28)31(39)35-22-33(2,23-38-12-16-44-17-13-38)45-21-25-9-5-4-6-10-25/h4-11,18-20,36-37H,12-17,21-23H2,1-3H3,(H,35,39). The molecule has 246 valence electrons. The van der Waals surface area contributed by atoms with E-state index < -0.39 is 10.0 Å². The number of benzene rings is 2. The molecule has 1 atom stereocenters. The van der Waals surface area contributed by atoms with E-state index in [-0.39, 0.29) is 28.0 Å². The first kappa shape index (κ1) is 34.1. The first-order valence-electron chi connectivity index (χ1n) is 15.1. The van der Waals surface area contributed by atoms with Crippen LogP contribution in [0.3, 0.4) is 0 Å². The molecule has 46 heavy (non-hydrogen) atoms. The average molecular weight is 684 g/mol. The van der Waals surface area contributed by atoms with Crippen molar-refractivity contribution in [2.75, 3.05) is 62.7 Å². The Bertz CT molecular complexity index is 1730. The third kappa shape index (κ3) is 8.97. The highest BCUT2D eigenvalue weighted by Gasteiger charge is 2.30. The number of sulfonamides is 1. The highest BCUT2D eigenvalue weighted by molar-refractivity contribution is 8.00. The zero-order valence-corrected chi connectivity index (χ0v) is 28.8. The summed E-state index contributed by atoms with van der Waals surface area (Å²) in [5, 5.41) is 3.72. The van der Waals surface area contributed by atoms with Crippen molar-refractivity contribution in [2.45, 2.75) is 29.4 Å². The molecule has 3 heterocycles. The van der Waals surface area contributed by atoms with E-state index in [2.05, 4.69) is 44.0 Å². The summed E-state index contributed by atoms with van der Waals surface area (Å²) in [5.74, 6) is 3.24. The smallest absolute Gasteiger partial charge is 0.279 e. The number of rotatable bonds is 15. The quantitative estimate of drug-likeness (QED) is 0.146. The molecular formula is C33H41N5O5S3. The second-order valence-electron chi connectivity index (χ2n) is 11.5. The number of aromatic nitrogens is 2. The van der Waals surface area contributed by atoms with Crippen molar-refractivity contribution in [3.63, 3.8) is 0 Å². The van der Waals surface area contributed by atoms with Gasteiger partial charge in [-0.25, -0.2) is 4.98 Å². The minimum absolute atomic E-state index is 0.0713. The van der Waals surface area contributed by atoms with E-state index in [4.69, 9.17) is 9.47 Å². The molecule has 4 aromatic rings. The lowest BCUT2D eigenvalue weighted by Gasteiger charge is -2.37. The van der Waals surface area contributed by atoms with Crippen LogP contribution < -0.4 is 14.8 Å². The predicted octanol–water partition coefficient (Wildman–Crippen LogP) is 5.17. The van der Waals surface area contributed by atoms with Gasteiger partial charge in [-0.15, -0.1) is 11.8 Å². The summed E-state index contributed by atoms with van der Waals surface area (Å²) in [6, 6.07) is 18.8. The first-order valence-corrected chi connectivity index (χ1v) is 18.8. The molecule has 0 bridgehead atoms. The highest BCUT2D eigenvalue weighted by atomic mass is 32.2. The van der Waals surface area contributed by atoms with E-state index in [9.17, 15) is 13.2 Å². The molecule has 10 nitrogen and oxygen atoms in total. The second-order valence-corrected chi connectivity index (χ2v) is 15.9. The van der Waals surface area contributed by atoms with Crippen LogP contribution in [0.1, 0.15) is 28.5 Å². The molecule has 2 aromatic heterocycles. The number of methoxy groups -OCH3 is 1. The fourth-order valence-electron chi connectivity index (χ4n) is 5.27. The van der Waals surface area contributed by atoms with Crippen LogP contribution in [-0.4, -0.2) is 91.9 Å². The van der Waals surface area contributed by atoms with Crippen LogP contribution >= 0.6 is 23.5 Å². The summed E-state index contributed by atoms with van der Waals surface area (Å²) in [6.07, 6.45) is 1.44. The summed E-state index contributed by atoms with van der Waals surface area (Å²) < 4.78 is 40.1. The zero-order valence-electron chi connectivity index (χ0n) is 26.4. The van der Waals surface area contributed by atoms with Crippen LogP contribution in [0.4, 0.5) is 5.69 Å². The lowest BCUT2D eigenvalue weighted by Crippen LogP contribution is -2.48. The number of carbonyl (C=O) groups excluding carboxylic acids is 1. The minimum Gasteiger partial charge on any atom is -0.491 e. The predicted molar refractivity (Wildman–Crippen MR) is 188 cm³/mol. The molecule has 0 aliphatic carbocycles. The molecule has 1 amide bonds. The Kier molecular flexibility index (Phi) is 11.5. The Labute approximate surface area is 279 Å². The molecule has 1 unspecified atom stereocenters. The number of pyridine rings is 1. The Morgan fingerprint density at radius 1 is 1.11 bits per heavy atom. The molecule has 5 rings (SSSR count). The second kappa shape index (κ2) is 15.6. The number of ether oxygens (including phenoxy) is 2. The third-order valence-electron chi connectivity index (χ3n) is 7.68. The lowest BCUT2D eigenvalue weighted by atomic mass is 10.1. The van der Waals surface area contributed by atoms with Crippen molar-refractivity contribution in [3.8, 4) is 5.75 Å². The minimum atomic E-state index is -4.03. The van der Waals surface area contributed by atoms with Gasteiger partial charge < -0.3 is 24.7 Å². The van der Waals surface area contributed by atoms with Gasteiger partial charge in [-0.2, -0.15) is 20.2 Å². The molecule has 2 aromatic carbocycles. The molecule has 1 fully saturated rings. The van der Waals surface area contributed by atoms with E-state index in [1.54, 1.807) is 44.4 Å². The zero-order chi connectivity index (χ0) is 32.6. The number of nitrogens with zero attached hydrogens (tertiary/aromatic N) is 2. The maximum Gasteiger partial charge on any atom is 0.279 e. The molecule has 0 saturated carbocycles. The SMILES string of the molecule is COCCOc1cc(NS(=O)(=O)c2ncccc2C)c2[nH]c(C(=O)NCC(C)(CN3CCSCC3)SCc3ccccc3)cc2c1. The number of aryl methyl sites for hydroxylation is 1. The van der Waals surface area contributed by atoms with Crippen molar-refractivity contribution in [1.29, 1.82) is 0 Å². The van der Waals surface area contributed by atoms with Gasteiger partial charge in [-0.1, -0.05) is 36.4 Å². The Morgan fingerprint density at radius 2 is 1.89 bits per heavy atom. The Morgan fingerprint density at radius 3 is 2.63 bits per heavy atom. The van der Waals surface area contributed by atoms with Crippen LogP contribution in [0, 0.1) is 6.92 Å². The molecule has 13 heteroatoms. The van der Waals surface area contributed by atoms with Crippen molar-refractivity contribution < 1.29 is 22.7 Å². The third-order valence-corrected chi connectivity index (χ3v) is 11.5. The van der Waals surface area contributed by atoms with Crippen molar-refractivity contribution in [1.82, 2.24) is 20.2 Å². The normalized spacial score (nSPS) is 15.4. The van der Waals surface area contributed by atoms with Gasteiger partial charge in [-0.3, -0.25) is 9.52 Å². The molecule has 3 N–H and O–H groups in total. The number of hydrogen-bond donors (Lipinski definition) is 3. The van der Waals surface area contributed by atoms with E-state index in [0.717, 1.165) is 36.9 Å². The number of anilines is 1. The maximum atomic E-state index is 13.6. The van der Waals surface area contributed by atoms with E-state index in [1.165, 1.54) is 11.8 Å². The molecule has 1 saturated heterocycles. The molecule has 0 radical (unpaired) electrons. The van der Waals surface area contributed by atoms with Gasteiger partial charge in [0.2, 0.25) is 0 Å². The number of thioether (sulfide) groups is 2. The van der Waals surface area contributed by atoms with Gasteiger partial charge in [0.05, 0.1) is 17.8 Å². The molecular weight excluding hydrogens is 643 g/mol. The van der Waals surface area contributed by atoms with Crippen LogP contribution in [0.15, 0.2) is 71.9 Å². The summed E-state index contributed by atoms with van der Waals surface area (Å²) in [7, 11) is -2.45. The van der Waals surface area contributed by atoms with Gasteiger partial charge in [0.1, 0.15) is 18.1 Å². The van der Waals surface area contributed by atoms with Gasteiger partial charge in [0.15, 0.2) is 5.03 Å².